The first-order chi connectivity index (χ1) is 7.76. The van der Waals surface area contributed by atoms with Crippen LogP contribution in [0.25, 0.3) is 0 Å². The van der Waals surface area contributed by atoms with Crippen molar-refractivity contribution in [3.63, 3.8) is 0 Å². The number of carbonyl (C=O) groups excluding carboxylic acids is 1. The van der Waals surface area contributed by atoms with Crippen molar-refractivity contribution in [2.75, 3.05) is 19.7 Å². The molecule has 17 heavy (non-hydrogen) atoms. The van der Waals surface area contributed by atoms with Crippen LogP contribution in [0.15, 0.2) is 0 Å². The minimum Gasteiger partial charge on any atom is -0.444 e. The van der Waals surface area contributed by atoms with E-state index in [0.717, 1.165) is 25.8 Å². The first-order valence-electron chi connectivity index (χ1n) is 6.35. The van der Waals surface area contributed by atoms with Crippen LogP contribution in [0.3, 0.4) is 0 Å². The third kappa shape index (κ3) is 4.54. The van der Waals surface area contributed by atoms with Gasteiger partial charge in [0.1, 0.15) is 5.60 Å². The van der Waals surface area contributed by atoms with E-state index in [1.54, 1.807) is 4.90 Å². The first-order valence-corrected chi connectivity index (χ1v) is 6.35. The zero-order valence-electron chi connectivity index (χ0n) is 11.5. The Morgan fingerprint density at radius 3 is 2.65 bits per heavy atom. The number of amides is 1. The fraction of sp³-hybridized carbons (Fsp3) is 0.923. The van der Waals surface area contributed by atoms with Gasteiger partial charge in [-0.3, -0.25) is 0 Å². The normalized spacial score (nSPS) is 25.8. The van der Waals surface area contributed by atoms with Gasteiger partial charge in [-0.05, 0) is 45.4 Å². The Balaban J connectivity index is 2.57. The average molecular weight is 243 g/mol. The molecule has 0 saturated carbocycles. The van der Waals surface area contributed by atoms with Gasteiger partial charge >= 0.3 is 6.09 Å². The van der Waals surface area contributed by atoms with Gasteiger partial charge in [-0.15, -0.1) is 0 Å². The van der Waals surface area contributed by atoms with E-state index in [0.29, 0.717) is 6.54 Å². The van der Waals surface area contributed by atoms with Crippen molar-refractivity contribution >= 4 is 6.09 Å². The van der Waals surface area contributed by atoms with Crippen molar-refractivity contribution in [3.8, 4) is 0 Å². The second kappa shape index (κ2) is 5.25. The summed E-state index contributed by atoms with van der Waals surface area (Å²) in [6.07, 6.45) is 2.55. The van der Waals surface area contributed by atoms with Gasteiger partial charge in [0, 0.05) is 19.7 Å². The Hall–Kier alpha value is -0.770. The van der Waals surface area contributed by atoms with E-state index in [1.807, 2.05) is 20.8 Å². The van der Waals surface area contributed by atoms with E-state index in [9.17, 15) is 4.79 Å². The van der Waals surface area contributed by atoms with Gasteiger partial charge in [-0.1, -0.05) is 6.92 Å². The van der Waals surface area contributed by atoms with Crippen LogP contribution < -0.4 is 0 Å². The molecule has 1 N–H and O–H groups in total. The molecule has 100 valence electrons. The van der Waals surface area contributed by atoms with Crippen LogP contribution in [0.4, 0.5) is 4.79 Å². The molecule has 1 heterocycles. The second-order valence-corrected chi connectivity index (χ2v) is 6.29. The highest BCUT2D eigenvalue weighted by Gasteiger charge is 2.34. The summed E-state index contributed by atoms with van der Waals surface area (Å²) in [6.45, 7) is 9.38. The first kappa shape index (κ1) is 14.3. The predicted molar refractivity (Wildman–Crippen MR) is 66.9 cm³/mol. The Morgan fingerprint density at radius 2 is 2.12 bits per heavy atom. The number of aliphatic hydroxyl groups is 1. The number of nitrogens with zero attached hydrogens (tertiary/aromatic N) is 1. The molecule has 0 aromatic rings. The minimum atomic E-state index is -0.443. The van der Waals surface area contributed by atoms with E-state index in [1.165, 1.54) is 0 Å². The maximum atomic E-state index is 11.9. The van der Waals surface area contributed by atoms with Crippen LogP contribution in [0, 0.1) is 5.41 Å². The molecule has 0 aromatic carbocycles. The fourth-order valence-electron chi connectivity index (χ4n) is 2.27. The SMILES string of the molecule is CC1(CCO)CCCN(C(=O)OC(C)(C)C)C1. The largest absolute Gasteiger partial charge is 0.444 e. The second-order valence-electron chi connectivity index (χ2n) is 6.29. The third-order valence-corrected chi connectivity index (χ3v) is 3.15. The van der Waals surface area contributed by atoms with Gasteiger partial charge in [0.2, 0.25) is 0 Å². The molecular weight excluding hydrogens is 218 g/mol. The van der Waals surface area contributed by atoms with E-state index in [2.05, 4.69) is 6.92 Å². The number of aliphatic hydroxyl groups excluding tert-OH is 1. The lowest BCUT2D eigenvalue weighted by Crippen LogP contribution is -2.47. The molecule has 0 radical (unpaired) electrons. The van der Waals surface area contributed by atoms with Crippen molar-refractivity contribution in [1.82, 2.24) is 4.90 Å². The number of rotatable bonds is 2. The number of ether oxygens (including phenoxy) is 1. The molecule has 4 heteroatoms. The minimum absolute atomic E-state index is 0.0317. The summed E-state index contributed by atoms with van der Waals surface area (Å²) in [4.78, 5) is 13.7. The Labute approximate surface area is 104 Å². The van der Waals surface area contributed by atoms with E-state index < -0.39 is 5.60 Å². The number of hydrogen-bond acceptors (Lipinski definition) is 3. The maximum absolute atomic E-state index is 11.9. The molecule has 1 amide bonds. The van der Waals surface area contributed by atoms with Gasteiger partial charge in [0.15, 0.2) is 0 Å². The highest BCUT2D eigenvalue weighted by Crippen LogP contribution is 2.33. The van der Waals surface area contributed by atoms with Crippen molar-refractivity contribution in [2.45, 2.75) is 52.6 Å². The Morgan fingerprint density at radius 1 is 1.47 bits per heavy atom. The lowest BCUT2D eigenvalue weighted by atomic mass is 9.79. The lowest BCUT2D eigenvalue weighted by Gasteiger charge is -2.40. The molecular formula is C13H25NO3. The zero-order chi connectivity index (χ0) is 13.1. The molecule has 1 unspecified atom stereocenters. The van der Waals surface area contributed by atoms with E-state index in [4.69, 9.17) is 9.84 Å². The summed E-state index contributed by atoms with van der Waals surface area (Å²) in [6, 6.07) is 0. The smallest absolute Gasteiger partial charge is 0.410 e. The van der Waals surface area contributed by atoms with Gasteiger partial charge in [-0.2, -0.15) is 0 Å². The van der Waals surface area contributed by atoms with Crippen LogP contribution >= 0.6 is 0 Å². The lowest BCUT2D eigenvalue weighted by molar-refractivity contribution is 0.00300. The van der Waals surface area contributed by atoms with Gasteiger partial charge < -0.3 is 14.7 Å². The number of piperidine rings is 1. The summed E-state index contributed by atoms with van der Waals surface area (Å²) in [5, 5.41) is 9.06. The number of likely N-dealkylation sites (tertiary alicyclic amines) is 1. The summed E-state index contributed by atoms with van der Waals surface area (Å²) in [7, 11) is 0. The van der Waals surface area contributed by atoms with Crippen molar-refractivity contribution < 1.29 is 14.6 Å². The quantitative estimate of drug-likeness (QED) is 0.810. The van der Waals surface area contributed by atoms with Crippen LogP contribution in [0.2, 0.25) is 0 Å². The molecule has 0 aromatic heterocycles. The van der Waals surface area contributed by atoms with Gasteiger partial charge in [0.25, 0.3) is 0 Å². The molecule has 1 atom stereocenters. The number of hydrogen-bond donors (Lipinski definition) is 1. The molecule has 1 aliphatic rings. The molecule has 4 nitrogen and oxygen atoms in total. The summed E-state index contributed by atoms with van der Waals surface area (Å²) in [5.41, 5.74) is -0.411. The molecule has 1 aliphatic heterocycles. The molecule has 1 fully saturated rings. The maximum Gasteiger partial charge on any atom is 0.410 e. The zero-order valence-corrected chi connectivity index (χ0v) is 11.5. The molecule has 1 rings (SSSR count). The molecule has 1 saturated heterocycles. The average Bonchev–Trinajstić information content (AvgIpc) is 2.14. The van der Waals surface area contributed by atoms with Crippen LogP contribution in [0.5, 0.6) is 0 Å². The summed E-state index contributed by atoms with van der Waals surface area (Å²) in [5.74, 6) is 0. The van der Waals surface area contributed by atoms with Crippen molar-refractivity contribution in [1.29, 1.82) is 0 Å². The van der Waals surface area contributed by atoms with E-state index >= 15 is 0 Å². The molecule has 0 aliphatic carbocycles. The fourth-order valence-corrected chi connectivity index (χ4v) is 2.27. The Kier molecular flexibility index (Phi) is 4.42. The van der Waals surface area contributed by atoms with E-state index in [-0.39, 0.29) is 18.1 Å². The monoisotopic (exact) mass is 243 g/mol. The predicted octanol–water partition coefficient (Wildman–Crippen LogP) is 2.41. The highest BCUT2D eigenvalue weighted by molar-refractivity contribution is 5.68. The van der Waals surface area contributed by atoms with Gasteiger partial charge in [-0.25, -0.2) is 4.79 Å². The Bertz CT molecular complexity index is 268. The van der Waals surface area contributed by atoms with Crippen LogP contribution in [-0.4, -0.2) is 41.4 Å². The third-order valence-electron chi connectivity index (χ3n) is 3.15. The molecule has 0 bridgehead atoms. The van der Waals surface area contributed by atoms with Crippen molar-refractivity contribution in [2.24, 2.45) is 5.41 Å². The molecule has 0 spiro atoms. The van der Waals surface area contributed by atoms with Gasteiger partial charge in [0.05, 0.1) is 0 Å². The van der Waals surface area contributed by atoms with Crippen molar-refractivity contribution in [3.05, 3.63) is 0 Å². The standard InChI is InChI=1S/C13H25NO3/c1-12(2,3)17-11(16)14-8-5-6-13(4,10-14)7-9-15/h15H,5-10H2,1-4H3. The van der Waals surface area contributed by atoms with Crippen LogP contribution in [0.1, 0.15) is 47.0 Å². The summed E-state index contributed by atoms with van der Waals surface area (Å²) >= 11 is 0. The topological polar surface area (TPSA) is 49.8 Å². The summed E-state index contributed by atoms with van der Waals surface area (Å²) < 4.78 is 5.37. The number of carbonyl (C=O) groups is 1. The van der Waals surface area contributed by atoms with Crippen LogP contribution in [-0.2, 0) is 4.74 Å². The highest BCUT2D eigenvalue weighted by atomic mass is 16.6.